The third kappa shape index (κ3) is 5.22. The van der Waals surface area contributed by atoms with Crippen LogP contribution in [0.4, 0.5) is 0 Å². The lowest BCUT2D eigenvalue weighted by Gasteiger charge is -2.16. The summed E-state index contributed by atoms with van der Waals surface area (Å²) in [4.78, 5) is 16.3. The van der Waals surface area contributed by atoms with E-state index in [0.29, 0.717) is 17.5 Å². The lowest BCUT2D eigenvalue weighted by Crippen LogP contribution is -2.04. The van der Waals surface area contributed by atoms with Crippen molar-refractivity contribution in [3.05, 3.63) is 206 Å². The van der Waals surface area contributed by atoms with Crippen molar-refractivity contribution in [1.29, 1.82) is 0 Å². The average molecular weight is 815 g/mol. The molecule has 0 aliphatic heterocycles. The summed E-state index contributed by atoms with van der Waals surface area (Å²) < 4.78 is 9.28. The highest BCUT2D eigenvalue weighted by Crippen LogP contribution is 2.44. The fraction of sp³-hybridized carbons (Fsp3) is 0. The van der Waals surface area contributed by atoms with Crippen LogP contribution in [0.3, 0.4) is 0 Å². The lowest BCUT2D eigenvalue weighted by atomic mass is 10.0. The van der Waals surface area contributed by atoms with E-state index in [0.717, 1.165) is 87.7 Å². The molecule has 11 aromatic carbocycles. The van der Waals surface area contributed by atoms with Gasteiger partial charge in [0, 0.05) is 38.2 Å². The predicted molar refractivity (Wildman–Crippen MR) is 265 cm³/mol. The summed E-state index contributed by atoms with van der Waals surface area (Å²) in [5.41, 5.74) is 7.46. The molecule has 0 saturated carbocycles. The minimum atomic E-state index is 0.555. The SMILES string of the molecule is c1ccc2cc3c(cc2c1)c1cc2ccccc2cc1n3-c1cc2c(cc1-c1nc(-c3cccc4ccccc34)nc(-c3cccc4ccccc34)n1)oc1ccc3ccccc3c12. The van der Waals surface area contributed by atoms with Crippen molar-refractivity contribution in [3.63, 3.8) is 0 Å². The Morgan fingerprint density at radius 1 is 0.297 bits per heavy atom. The standard InChI is InChI=1S/C59H34N4O/c1-3-18-40-31-51-47(29-38(40)16-1)48-30-39-17-2-4-19-41(39)32-52(48)63(51)53-33-50-55(64-54-28-27-37-15-7-10-24-44(37)56(50)54)34-49(53)59-61-57(45-25-11-20-35-13-5-8-22-42(35)45)60-58(62-59)46-26-12-21-36-14-6-9-23-43(36)46/h1-34H. The number of benzene rings is 11. The lowest BCUT2D eigenvalue weighted by molar-refractivity contribution is 0.669. The zero-order valence-electron chi connectivity index (χ0n) is 34.3. The number of hydrogen-bond acceptors (Lipinski definition) is 4. The van der Waals surface area contributed by atoms with Gasteiger partial charge < -0.3 is 8.98 Å². The van der Waals surface area contributed by atoms with Crippen LogP contribution in [-0.2, 0) is 0 Å². The first-order valence-electron chi connectivity index (χ1n) is 21.7. The molecule has 0 amide bonds. The highest BCUT2D eigenvalue weighted by Gasteiger charge is 2.24. The van der Waals surface area contributed by atoms with Gasteiger partial charge >= 0.3 is 0 Å². The third-order valence-electron chi connectivity index (χ3n) is 13.2. The molecule has 3 heterocycles. The number of nitrogens with zero attached hydrogens (tertiary/aromatic N) is 4. The Kier molecular flexibility index (Phi) is 7.33. The van der Waals surface area contributed by atoms with Crippen LogP contribution in [0, 0.1) is 0 Å². The molecule has 0 spiro atoms. The second-order valence-electron chi connectivity index (χ2n) is 16.8. The van der Waals surface area contributed by atoms with E-state index < -0.39 is 0 Å². The van der Waals surface area contributed by atoms with Crippen LogP contribution in [0.1, 0.15) is 0 Å². The maximum atomic E-state index is 6.85. The Hall–Kier alpha value is -8.67. The Morgan fingerprint density at radius 2 is 0.734 bits per heavy atom. The smallest absolute Gasteiger partial charge is 0.166 e. The number of aromatic nitrogens is 4. The van der Waals surface area contributed by atoms with Crippen LogP contribution in [-0.4, -0.2) is 19.5 Å². The molecule has 0 saturated heterocycles. The Balaban J connectivity index is 1.16. The van der Waals surface area contributed by atoms with Crippen molar-refractivity contribution in [1.82, 2.24) is 19.5 Å². The van der Waals surface area contributed by atoms with E-state index in [1.54, 1.807) is 0 Å². The number of hydrogen-bond donors (Lipinski definition) is 0. The second kappa shape index (κ2) is 13.4. The Morgan fingerprint density at radius 3 is 1.28 bits per heavy atom. The van der Waals surface area contributed by atoms with Crippen LogP contribution in [0.25, 0.3) is 137 Å². The summed E-state index contributed by atoms with van der Waals surface area (Å²) in [5.74, 6) is 1.76. The molecule has 14 rings (SSSR count). The maximum absolute atomic E-state index is 6.85. The van der Waals surface area contributed by atoms with E-state index in [1.165, 1.54) is 32.3 Å². The second-order valence-corrected chi connectivity index (χ2v) is 16.8. The van der Waals surface area contributed by atoms with E-state index in [1.807, 2.05) is 0 Å². The van der Waals surface area contributed by atoms with Gasteiger partial charge in [0.2, 0.25) is 0 Å². The molecule has 0 aliphatic carbocycles. The molecular formula is C59H34N4O. The van der Waals surface area contributed by atoms with Gasteiger partial charge in [-0.25, -0.2) is 15.0 Å². The molecule has 0 aliphatic rings. The van der Waals surface area contributed by atoms with Crippen molar-refractivity contribution in [2.24, 2.45) is 0 Å². The van der Waals surface area contributed by atoms with Crippen LogP contribution in [0.15, 0.2) is 211 Å². The molecule has 0 fully saturated rings. The molecule has 5 heteroatoms. The van der Waals surface area contributed by atoms with Crippen LogP contribution in [0.2, 0.25) is 0 Å². The zero-order valence-corrected chi connectivity index (χ0v) is 34.3. The van der Waals surface area contributed by atoms with Crippen molar-refractivity contribution in [2.75, 3.05) is 0 Å². The maximum Gasteiger partial charge on any atom is 0.166 e. The van der Waals surface area contributed by atoms with Gasteiger partial charge in [-0.2, -0.15) is 0 Å². The number of rotatable bonds is 4. The molecule has 0 atom stereocenters. The molecule has 0 N–H and O–H groups in total. The first kappa shape index (κ1) is 35.0. The summed E-state index contributed by atoms with van der Waals surface area (Å²) >= 11 is 0. The quantitative estimate of drug-likeness (QED) is 0.178. The van der Waals surface area contributed by atoms with Gasteiger partial charge in [-0.15, -0.1) is 0 Å². The molecule has 5 nitrogen and oxygen atoms in total. The zero-order chi connectivity index (χ0) is 41.9. The van der Waals surface area contributed by atoms with Gasteiger partial charge in [-0.05, 0) is 96.3 Å². The Labute approximate surface area is 366 Å². The fourth-order valence-electron chi connectivity index (χ4n) is 10.2. The van der Waals surface area contributed by atoms with Crippen LogP contribution < -0.4 is 0 Å². The molecule has 14 aromatic rings. The monoisotopic (exact) mass is 814 g/mol. The third-order valence-corrected chi connectivity index (χ3v) is 13.2. The normalized spacial score (nSPS) is 12.1. The minimum absolute atomic E-state index is 0.555. The highest BCUT2D eigenvalue weighted by atomic mass is 16.3. The minimum Gasteiger partial charge on any atom is -0.456 e. The first-order valence-corrected chi connectivity index (χ1v) is 21.7. The van der Waals surface area contributed by atoms with Crippen molar-refractivity contribution < 1.29 is 4.42 Å². The fourth-order valence-corrected chi connectivity index (χ4v) is 10.2. The molecule has 296 valence electrons. The summed E-state index contributed by atoms with van der Waals surface area (Å²) in [5, 5.41) is 15.9. The summed E-state index contributed by atoms with van der Waals surface area (Å²) in [7, 11) is 0. The number of furan rings is 1. The van der Waals surface area contributed by atoms with Gasteiger partial charge in [-0.1, -0.05) is 164 Å². The van der Waals surface area contributed by atoms with Crippen molar-refractivity contribution in [3.8, 4) is 39.9 Å². The largest absolute Gasteiger partial charge is 0.456 e. The Bertz CT molecular complexity index is 4070. The van der Waals surface area contributed by atoms with Crippen LogP contribution >= 0.6 is 0 Å². The van der Waals surface area contributed by atoms with Crippen LogP contribution in [0.5, 0.6) is 0 Å². The summed E-state index contributed by atoms with van der Waals surface area (Å²) in [6.07, 6.45) is 0. The molecule has 0 unspecified atom stereocenters. The van der Waals surface area contributed by atoms with E-state index in [4.69, 9.17) is 19.4 Å². The number of fused-ring (bicyclic) bond motifs is 12. The van der Waals surface area contributed by atoms with Crippen molar-refractivity contribution >= 4 is 97.6 Å². The molecule has 64 heavy (non-hydrogen) atoms. The van der Waals surface area contributed by atoms with Gasteiger partial charge in [0.15, 0.2) is 17.5 Å². The van der Waals surface area contributed by atoms with Gasteiger partial charge in [0.25, 0.3) is 0 Å². The van der Waals surface area contributed by atoms with E-state index in [9.17, 15) is 0 Å². The molecule has 0 radical (unpaired) electrons. The summed E-state index contributed by atoms with van der Waals surface area (Å²) in [6.45, 7) is 0. The molecular weight excluding hydrogens is 781 g/mol. The highest BCUT2D eigenvalue weighted by molar-refractivity contribution is 6.21. The van der Waals surface area contributed by atoms with Crippen molar-refractivity contribution in [2.45, 2.75) is 0 Å². The molecule has 3 aromatic heterocycles. The molecule has 0 bridgehead atoms. The van der Waals surface area contributed by atoms with Gasteiger partial charge in [0.1, 0.15) is 11.2 Å². The van der Waals surface area contributed by atoms with E-state index >= 15 is 0 Å². The van der Waals surface area contributed by atoms with Gasteiger partial charge in [0.05, 0.1) is 16.7 Å². The van der Waals surface area contributed by atoms with Gasteiger partial charge in [-0.3, -0.25) is 0 Å². The van der Waals surface area contributed by atoms with E-state index in [2.05, 4.69) is 211 Å². The average Bonchev–Trinajstić information content (AvgIpc) is 3.88. The topological polar surface area (TPSA) is 56.7 Å². The predicted octanol–water partition coefficient (Wildman–Crippen LogP) is 15.6. The van der Waals surface area contributed by atoms with E-state index in [-0.39, 0.29) is 0 Å². The first-order chi connectivity index (χ1) is 31.7. The summed E-state index contributed by atoms with van der Waals surface area (Å²) in [6, 6.07) is 73.4.